The summed E-state index contributed by atoms with van der Waals surface area (Å²) in [4.78, 5) is 24.3. The third-order valence-corrected chi connectivity index (χ3v) is 6.11. The standard InChI is InChI=1S/C21H22ClFN4O3S/c1-2-30-21(28)17-16(12-27-6-8-29-9-7-27)25-19(20-24-5-10-31-20)26-18(17)14-4-3-13(23)11-15(14)22/h3-5,10-11,18H,2,6-9,12H2,1H3,(H,25,26)/t18-/m1/s1. The average Bonchev–Trinajstić information content (AvgIpc) is 3.29. The van der Waals surface area contributed by atoms with Gasteiger partial charge in [0.25, 0.3) is 0 Å². The van der Waals surface area contributed by atoms with Crippen molar-refractivity contribution in [1.82, 2.24) is 15.2 Å². The number of esters is 1. The Morgan fingerprint density at radius 3 is 2.90 bits per heavy atom. The topological polar surface area (TPSA) is 76.0 Å². The summed E-state index contributed by atoms with van der Waals surface area (Å²) < 4.78 is 24.5. The summed E-state index contributed by atoms with van der Waals surface area (Å²) in [6, 6.07) is 3.35. The monoisotopic (exact) mass is 464 g/mol. The molecule has 1 atom stereocenters. The number of hydrogen-bond donors (Lipinski definition) is 1. The number of amidine groups is 1. The van der Waals surface area contributed by atoms with Crippen molar-refractivity contribution in [2.24, 2.45) is 4.99 Å². The number of hydrogen-bond acceptors (Lipinski definition) is 8. The number of rotatable bonds is 6. The van der Waals surface area contributed by atoms with Crippen LogP contribution >= 0.6 is 22.9 Å². The van der Waals surface area contributed by atoms with Crippen molar-refractivity contribution in [3.8, 4) is 0 Å². The van der Waals surface area contributed by atoms with Gasteiger partial charge in [0.2, 0.25) is 0 Å². The van der Waals surface area contributed by atoms with Crippen molar-refractivity contribution >= 4 is 34.7 Å². The highest BCUT2D eigenvalue weighted by Crippen LogP contribution is 2.36. The Balaban J connectivity index is 1.81. The second-order valence-corrected chi connectivity index (χ2v) is 8.31. The number of thiazole rings is 1. The van der Waals surface area contributed by atoms with Gasteiger partial charge in [0.1, 0.15) is 11.9 Å². The Morgan fingerprint density at radius 2 is 2.23 bits per heavy atom. The number of morpholine rings is 1. The van der Waals surface area contributed by atoms with Crippen LogP contribution in [0.3, 0.4) is 0 Å². The van der Waals surface area contributed by atoms with Crippen molar-refractivity contribution < 1.29 is 18.7 Å². The van der Waals surface area contributed by atoms with Crippen LogP contribution in [0.15, 0.2) is 46.0 Å². The van der Waals surface area contributed by atoms with E-state index in [4.69, 9.17) is 26.1 Å². The number of carbonyl (C=O) groups is 1. The molecule has 0 unspecified atom stereocenters. The molecule has 0 spiro atoms. The zero-order chi connectivity index (χ0) is 21.8. The molecular weight excluding hydrogens is 443 g/mol. The predicted molar refractivity (Wildman–Crippen MR) is 117 cm³/mol. The Labute approximate surface area is 188 Å². The lowest BCUT2D eigenvalue weighted by Gasteiger charge is -2.32. The van der Waals surface area contributed by atoms with E-state index in [2.05, 4.69) is 15.2 Å². The molecule has 0 aliphatic carbocycles. The number of carbonyl (C=O) groups excluding carboxylic acids is 1. The molecule has 1 fully saturated rings. The molecular formula is C21H22ClFN4O3S. The number of halogens is 2. The van der Waals surface area contributed by atoms with Gasteiger partial charge < -0.3 is 14.8 Å². The molecule has 3 heterocycles. The summed E-state index contributed by atoms with van der Waals surface area (Å²) in [5, 5.41) is 6.03. The highest BCUT2D eigenvalue weighted by atomic mass is 35.5. The molecule has 0 amide bonds. The number of ether oxygens (including phenoxy) is 2. The zero-order valence-electron chi connectivity index (χ0n) is 16.9. The first-order chi connectivity index (χ1) is 15.1. The van der Waals surface area contributed by atoms with Crippen LogP contribution in [0, 0.1) is 5.82 Å². The van der Waals surface area contributed by atoms with Crippen LogP contribution in [0.4, 0.5) is 4.39 Å². The van der Waals surface area contributed by atoms with Gasteiger partial charge in [-0.15, -0.1) is 11.3 Å². The van der Waals surface area contributed by atoms with E-state index in [1.165, 1.54) is 23.5 Å². The van der Waals surface area contributed by atoms with Crippen molar-refractivity contribution in [1.29, 1.82) is 0 Å². The van der Waals surface area contributed by atoms with Crippen LogP contribution in [-0.4, -0.2) is 61.1 Å². The van der Waals surface area contributed by atoms with Crippen LogP contribution in [-0.2, 0) is 14.3 Å². The first kappa shape index (κ1) is 21.9. The highest BCUT2D eigenvalue weighted by Gasteiger charge is 2.34. The summed E-state index contributed by atoms with van der Waals surface area (Å²) in [5.74, 6) is -0.399. The molecule has 4 rings (SSSR count). The zero-order valence-corrected chi connectivity index (χ0v) is 18.5. The molecule has 1 aromatic carbocycles. The maximum absolute atomic E-state index is 13.7. The first-order valence-electron chi connectivity index (χ1n) is 9.96. The number of aromatic nitrogens is 1. The number of nitrogens with zero attached hydrogens (tertiary/aromatic N) is 3. The van der Waals surface area contributed by atoms with E-state index < -0.39 is 17.8 Å². The minimum atomic E-state index is -0.747. The number of nitrogens with one attached hydrogen (secondary N) is 1. The molecule has 0 radical (unpaired) electrons. The van der Waals surface area contributed by atoms with Crippen molar-refractivity contribution in [3.63, 3.8) is 0 Å². The maximum atomic E-state index is 13.7. The van der Waals surface area contributed by atoms with Crippen LogP contribution in [0.5, 0.6) is 0 Å². The van der Waals surface area contributed by atoms with E-state index in [9.17, 15) is 9.18 Å². The molecule has 7 nitrogen and oxygen atoms in total. The molecule has 10 heteroatoms. The highest BCUT2D eigenvalue weighted by molar-refractivity contribution is 7.11. The Hall–Kier alpha value is -2.33. The van der Waals surface area contributed by atoms with Crippen LogP contribution < -0.4 is 5.32 Å². The Bertz CT molecular complexity index is 1010. The summed E-state index contributed by atoms with van der Waals surface area (Å²) in [5.41, 5.74) is 1.56. The number of benzene rings is 1. The van der Waals surface area contributed by atoms with Gasteiger partial charge in [-0.1, -0.05) is 17.7 Å². The van der Waals surface area contributed by atoms with Gasteiger partial charge in [0.05, 0.1) is 25.4 Å². The fraction of sp³-hybridized carbons (Fsp3) is 0.381. The van der Waals surface area contributed by atoms with E-state index in [0.717, 1.165) is 13.1 Å². The molecule has 0 bridgehead atoms. The van der Waals surface area contributed by atoms with E-state index in [-0.39, 0.29) is 11.6 Å². The number of aliphatic imine (C=N–C) groups is 1. The van der Waals surface area contributed by atoms with Gasteiger partial charge >= 0.3 is 5.97 Å². The van der Waals surface area contributed by atoms with Crippen LogP contribution in [0.2, 0.25) is 5.02 Å². The van der Waals surface area contributed by atoms with Crippen LogP contribution in [0.1, 0.15) is 23.5 Å². The molecule has 31 heavy (non-hydrogen) atoms. The van der Waals surface area contributed by atoms with Gasteiger partial charge in [0, 0.05) is 47.5 Å². The summed E-state index contributed by atoms with van der Waals surface area (Å²) in [7, 11) is 0. The SMILES string of the molecule is CCOC(=O)C1=C(CN2CCOCC2)NC(c2nccs2)=N[C@@H]1c1ccc(F)cc1Cl. The van der Waals surface area contributed by atoms with Crippen molar-refractivity contribution in [2.75, 3.05) is 39.5 Å². The maximum Gasteiger partial charge on any atom is 0.338 e. The second-order valence-electron chi connectivity index (χ2n) is 7.01. The van der Waals surface area contributed by atoms with E-state index >= 15 is 0 Å². The predicted octanol–water partition coefficient (Wildman–Crippen LogP) is 3.18. The van der Waals surface area contributed by atoms with Crippen LogP contribution in [0.25, 0.3) is 0 Å². The van der Waals surface area contributed by atoms with Gasteiger partial charge in [-0.05, 0) is 19.1 Å². The second kappa shape index (κ2) is 9.86. The molecule has 2 aromatic rings. The average molecular weight is 465 g/mol. The minimum Gasteiger partial charge on any atom is -0.463 e. The van der Waals surface area contributed by atoms with E-state index in [0.29, 0.717) is 47.4 Å². The molecule has 0 saturated carbocycles. The summed E-state index contributed by atoms with van der Waals surface area (Å²) in [6.07, 6.45) is 1.69. The third kappa shape index (κ3) is 4.95. The lowest BCUT2D eigenvalue weighted by atomic mass is 9.95. The minimum absolute atomic E-state index is 0.196. The molecule has 1 aromatic heterocycles. The Morgan fingerprint density at radius 1 is 1.42 bits per heavy atom. The van der Waals surface area contributed by atoms with Gasteiger partial charge in [0.15, 0.2) is 10.8 Å². The van der Waals surface area contributed by atoms with E-state index in [1.54, 1.807) is 19.2 Å². The van der Waals surface area contributed by atoms with Gasteiger partial charge in [-0.3, -0.25) is 9.89 Å². The first-order valence-corrected chi connectivity index (χ1v) is 11.2. The quantitative estimate of drug-likeness (QED) is 0.662. The lowest BCUT2D eigenvalue weighted by Crippen LogP contribution is -2.43. The fourth-order valence-corrected chi connectivity index (χ4v) is 4.41. The smallest absolute Gasteiger partial charge is 0.338 e. The molecule has 2 aliphatic heterocycles. The largest absolute Gasteiger partial charge is 0.463 e. The van der Waals surface area contributed by atoms with Gasteiger partial charge in [-0.2, -0.15) is 0 Å². The van der Waals surface area contributed by atoms with Gasteiger partial charge in [-0.25, -0.2) is 14.2 Å². The lowest BCUT2D eigenvalue weighted by molar-refractivity contribution is -0.139. The fourth-order valence-electron chi connectivity index (χ4n) is 3.55. The van der Waals surface area contributed by atoms with Crippen molar-refractivity contribution in [2.45, 2.75) is 13.0 Å². The molecule has 164 valence electrons. The Kier molecular flexibility index (Phi) is 6.96. The third-order valence-electron chi connectivity index (χ3n) is 5.00. The molecule has 1 N–H and O–H groups in total. The molecule has 1 saturated heterocycles. The molecule has 2 aliphatic rings. The normalized spacial score (nSPS) is 19.7. The summed E-state index contributed by atoms with van der Waals surface area (Å²) in [6.45, 7) is 5.20. The van der Waals surface area contributed by atoms with Crippen molar-refractivity contribution in [3.05, 3.63) is 62.5 Å². The van der Waals surface area contributed by atoms with E-state index in [1.807, 2.05) is 5.38 Å². The summed E-state index contributed by atoms with van der Waals surface area (Å²) >= 11 is 7.81.